The molecule has 1 rings (SSSR count). The molecular formula is C16H22OS. The van der Waals surface area contributed by atoms with Gasteiger partial charge in [-0.2, -0.15) is 0 Å². The number of thioether (sulfide) groups is 1. The van der Waals surface area contributed by atoms with E-state index in [0.717, 1.165) is 16.9 Å². The molecule has 2 heteroatoms. The van der Waals surface area contributed by atoms with Crippen molar-refractivity contribution >= 4 is 16.9 Å². The highest BCUT2D eigenvalue weighted by atomic mass is 32.2. The molecule has 0 unspecified atom stereocenters. The third-order valence-corrected chi connectivity index (χ3v) is 4.31. The summed E-state index contributed by atoms with van der Waals surface area (Å²) in [5, 5.41) is 0.229. The zero-order chi connectivity index (χ0) is 13.8. The Morgan fingerprint density at radius 2 is 1.89 bits per heavy atom. The van der Waals surface area contributed by atoms with E-state index in [2.05, 4.69) is 20.4 Å². The topological polar surface area (TPSA) is 17.1 Å². The van der Waals surface area contributed by atoms with Gasteiger partial charge in [-0.15, -0.1) is 6.58 Å². The molecule has 0 heterocycles. The van der Waals surface area contributed by atoms with Gasteiger partial charge < -0.3 is 0 Å². The summed E-state index contributed by atoms with van der Waals surface area (Å²) in [4.78, 5) is 13.3. The molecule has 0 fully saturated rings. The molecule has 1 nitrogen and oxygen atoms in total. The van der Waals surface area contributed by atoms with Gasteiger partial charge in [0.05, 0.1) is 0 Å². The predicted molar refractivity (Wildman–Crippen MR) is 79.7 cm³/mol. The van der Waals surface area contributed by atoms with Crippen LogP contribution in [0.4, 0.5) is 0 Å². The van der Waals surface area contributed by atoms with Gasteiger partial charge in [0.2, 0.25) is 0 Å². The van der Waals surface area contributed by atoms with E-state index in [1.54, 1.807) is 0 Å². The van der Waals surface area contributed by atoms with Crippen LogP contribution in [-0.4, -0.2) is 5.12 Å². The van der Waals surface area contributed by atoms with Crippen molar-refractivity contribution in [1.82, 2.24) is 0 Å². The molecule has 0 saturated heterocycles. The van der Waals surface area contributed by atoms with Crippen molar-refractivity contribution in [2.24, 2.45) is 11.3 Å². The van der Waals surface area contributed by atoms with Crippen LogP contribution in [0.2, 0.25) is 0 Å². The SMILES string of the molecule is C=C(C)CC(C)(C)[C@@H](C)C(=O)Sc1ccccc1. The van der Waals surface area contributed by atoms with Crippen LogP contribution in [-0.2, 0) is 4.79 Å². The third kappa shape index (κ3) is 4.34. The first-order valence-electron chi connectivity index (χ1n) is 6.24. The van der Waals surface area contributed by atoms with E-state index in [0.29, 0.717) is 0 Å². The smallest absolute Gasteiger partial charge is 0.197 e. The molecule has 98 valence electrons. The lowest BCUT2D eigenvalue weighted by Crippen LogP contribution is -2.27. The number of allylic oxidation sites excluding steroid dienone is 1. The second kappa shape index (κ2) is 6.24. The molecule has 1 atom stereocenters. The molecule has 1 aromatic carbocycles. The van der Waals surface area contributed by atoms with Crippen molar-refractivity contribution in [1.29, 1.82) is 0 Å². The van der Waals surface area contributed by atoms with Gasteiger partial charge in [0.15, 0.2) is 5.12 Å². The summed E-state index contributed by atoms with van der Waals surface area (Å²) in [7, 11) is 0. The molecule has 0 radical (unpaired) electrons. The Kier molecular flexibility index (Phi) is 5.21. The fourth-order valence-corrected chi connectivity index (χ4v) is 2.96. The second-order valence-corrected chi connectivity index (χ2v) is 6.66. The van der Waals surface area contributed by atoms with Gasteiger partial charge in [-0.05, 0) is 30.9 Å². The number of rotatable bonds is 5. The van der Waals surface area contributed by atoms with E-state index in [1.807, 2.05) is 44.2 Å². The highest BCUT2D eigenvalue weighted by Gasteiger charge is 2.31. The molecule has 0 N–H and O–H groups in total. The number of hydrogen-bond acceptors (Lipinski definition) is 2. The van der Waals surface area contributed by atoms with Crippen LogP contribution >= 0.6 is 11.8 Å². The quantitative estimate of drug-likeness (QED) is 0.552. The zero-order valence-corrected chi connectivity index (χ0v) is 12.5. The number of hydrogen-bond donors (Lipinski definition) is 0. The summed E-state index contributed by atoms with van der Waals surface area (Å²) >= 11 is 1.34. The Bertz CT molecular complexity index is 420. The molecule has 1 aromatic rings. The molecule has 0 aliphatic heterocycles. The molecule has 0 amide bonds. The maximum atomic E-state index is 12.3. The Balaban J connectivity index is 2.69. The second-order valence-electron chi connectivity index (χ2n) is 5.58. The third-order valence-electron chi connectivity index (χ3n) is 3.24. The van der Waals surface area contributed by atoms with E-state index in [1.165, 1.54) is 11.8 Å². The van der Waals surface area contributed by atoms with Crippen molar-refractivity contribution in [2.75, 3.05) is 0 Å². The number of carbonyl (C=O) groups excluding carboxylic acids is 1. The summed E-state index contributed by atoms with van der Waals surface area (Å²) in [5.41, 5.74) is 1.09. The van der Waals surface area contributed by atoms with Gasteiger partial charge in [-0.25, -0.2) is 0 Å². The lowest BCUT2D eigenvalue weighted by molar-refractivity contribution is -0.116. The van der Waals surface area contributed by atoms with Gasteiger partial charge >= 0.3 is 0 Å². The summed E-state index contributed by atoms with van der Waals surface area (Å²) in [6, 6.07) is 9.82. The van der Waals surface area contributed by atoms with Crippen LogP contribution in [0.3, 0.4) is 0 Å². The molecule has 0 aromatic heterocycles. The monoisotopic (exact) mass is 262 g/mol. The van der Waals surface area contributed by atoms with Crippen molar-refractivity contribution in [3.8, 4) is 0 Å². The van der Waals surface area contributed by atoms with Crippen LogP contribution < -0.4 is 0 Å². The molecule has 18 heavy (non-hydrogen) atoms. The van der Waals surface area contributed by atoms with Crippen molar-refractivity contribution in [3.05, 3.63) is 42.5 Å². The fourth-order valence-electron chi connectivity index (χ4n) is 1.94. The van der Waals surface area contributed by atoms with Crippen LogP contribution in [0.25, 0.3) is 0 Å². The summed E-state index contributed by atoms with van der Waals surface area (Å²) in [6.07, 6.45) is 0.884. The maximum Gasteiger partial charge on any atom is 0.197 e. The van der Waals surface area contributed by atoms with Gasteiger partial charge in [-0.1, -0.05) is 56.3 Å². The maximum absolute atomic E-state index is 12.3. The highest BCUT2D eigenvalue weighted by molar-refractivity contribution is 8.13. The predicted octanol–water partition coefficient (Wildman–Crippen LogP) is 4.93. The summed E-state index contributed by atoms with van der Waals surface area (Å²) in [6.45, 7) is 12.2. The molecule has 0 aliphatic carbocycles. The minimum Gasteiger partial charge on any atom is -0.287 e. The molecule has 0 aliphatic rings. The number of carbonyl (C=O) groups is 1. The average Bonchev–Trinajstić information content (AvgIpc) is 2.27. The largest absolute Gasteiger partial charge is 0.287 e. The number of benzene rings is 1. The molecule has 0 spiro atoms. The van der Waals surface area contributed by atoms with Crippen LogP contribution in [0, 0.1) is 11.3 Å². The lowest BCUT2D eigenvalue weighted by atomic mass is 9.76. The van der Waals surface area contributed by atoms with Crippen molar-refractivity contribution < 1.29 is 4.79 Å². The first-order valence-corrected chi connectivity index (χ1v) is 7.05. The van der Waals surface area contributed by atoms with Gasteiger partial charge in [0.25, 0.3) is 0 Å². The van der Waals surface area contributed by atoms with Crippen molar-refractivity contribution in [2.45, 2.75) is 39.0 Å². The van der Waals surface area contributed by atoms with E-state index in [4.69, 9.17) is 0 Å². The van der Waals surface area contributed by atoms with Crippen LogP contribution in [0.15, 0.2) is 47.4 Å². The van der Waals surface area contributed by atoms with Gasteiger partial charge in [-0.3, -0.25) is 4.79 Å². The van der Waals surface area contributed by atoms with E-state index < -0.39 is 0 Å². The van der Waals surface area contributed by atoms with Crippen LogP contribution in [0.5, 0.6) is 0 Å². The van der Waals surface area contributed by atoms with Gasteiger partial charge in [0.1, 0.15) is 0 Å². The minimum absolute atomic E-state index is 0.0133. The van der Waals surface area contributed by atoms with E-state index >= 15 is 0 Å². The van der Waals surface area contributed by atoms with Gasteiger partial charge in [0, 0.05) is 10.8 Å². The normalized spacial score (nSPS) is 13.1. The Hall–Kier alpha value is -1.02. The lowest BCUT2D eigenvalue weighted by Gasteiger charge is -2.30. The minimum atomic E-state index is -0.0370. The molecular weight excluding hydrogens is 240 g/mol. The first kappa shape index (κ1) is 15.0. The zero-order valence-electron chi connectivity index (χ0n) is 11.7. The van der Waals surface area contributed by atoms with Crippen LogP contribution in [0.1, 0.15) is 34.1 Å². The molecule has 0 saturated carbocycles. The Labute approximate surface area is 115 Å². The average molecular weight is 262 g/mol. The summed E-state index contributed by atoms with van der Waals surface area (Å²) in [5.74, 6) is 0.0133. The van der Waals surface area contributed by atoms with E-state index in [9.17, 15) is 4.79 Å². The van der Waals surface area contributed by atoms with E-state index in [-0.39, 0.29) is 16.4 Å². The first-order chi connectivity index (χ1) is 8.33. The standard InChI is InChI=1S/C16H22OS/c1-12(2)11-16(4,5)13(3)15(17)18-14-9-7-6-8-10-14/h6-10,13H,1,11H2,2-5H3/t13-/m0/s1. The van der Waals surface area contributed by atoms with Crippen molar-refractivity contribution in [3.63, 3.8) is 0 Å². The molecule has 0 bridgehead atoms. The Morgan fingerprint density at radius 3 is 2.39 bits per heavy atom. The fraction of sp³-hybridized carbons (Fsp3) is 0.438. The summed E-state index contributed by atoms with van der Waals surface area (Å²) < 4.78 is 0. The Morgan fingerprint density at radius 1 is 1.33 bits per heavy atom. The highest BCUT2D eigenvalue weighted by Crippen LogP contribution is 2.37.